The highest BCUT2D eigenvalue weighted by Crippen LogP contribution is 2.28. The molecule has 0 heterocycles. The number of hydrogen-bond donors (Lipinski definition) is 2. The molecule has 98 valence electrons. The van der Waals surface area contributed by atoms with Crippen LogP contribution in [0.25, 0.3) is 0 Å². The Kier molecular flexibility index (Phi) is 4.19. The Bertz CT molecular complexity index is 432. The maximum atomic E-state index is 13.5. The van der Waals surface area contributed by atoms with E-state index < -0.39 is 5.82 Å². The smallest absolute Gasteiger partial charge is 0.229 e. The second-order valence-corrected chi connectivity index (χ2v) is 5.05. The monoisotopic (exact) mass is 270 g/mol. The van der Waals surface area contributed by atoms with Crippen LogP contribution >= 0.6 is 11.6 Å². The van der Waals surface area contributed by atoms with Crippen molar-refractivity contribution in [2.45, 2.75) is 31.7 Å². The Morgan fingerprint density at radius 2 is 2.11 bits per heavy atom. The highest BCUT2D eigenvalue weighted by molar-refractivity contribution is 6.33. The van der Waals surface area contributed by atoms with Gasteiger partial charge in [0.15, 0.2) is 0 Å². The summed E-state index contributed by atoms with van der Waals surface area (Å²) in [5, 5.41) is 2.75. The number of nitrogens with two attached hydrogens (primary N) is 1. The van der Waals surface area contributed by atoms with Crippen molar-refractivity contribution in [1.82, 2.24) is 0 Å². The first-order valence-electron chi connectivity index (χ1n) is 6.10. The molecular weight excluding hydrogens is 255 g/mol. The molecule has 1 saturated carbocycles. The first-order chi connectivity index (χ1) is 8.59. The fourth-order valence-electron chi connectivity index (χ4n) is 2.32. The lowest BCUT2D eigenvalue weighted by atomic mass is 9.84. The standard InChI is InChI=1S/C13H16ClFN2O/c14-9-5-3-6-10(15)12(9)17-13(18)8-4-1-2-7-11(8)16/h3,5-6,8,11H,1-2,4,7,16H2,(H,17,18). The van der Waals surface area contributed by atoms with Crippen LogP contribution in [0.15, 0.2) is 18.2 Å². The summed E-state index contributed by atoms with van der Waals surface area (Å²) in [6.07, 6.45) is 3.62. The van der Waals surface area contributed by atoms with Crippen molar-refractivity contribution in [3.05, 3.63) is 29.0 Å². The molecule has 0 spiro atoms. The zero-order chi connectivity index (χ0) is 13.1. The minimum Gasteiger partial charge on any atom is -0.327 e. The Morgan fingerprint density at radius 3 is 2.78 bits per heavy atom. The molecule has 1 aliphatic rings. The molecule has 18 heavy (non-hydrogen) atoms. The maximum absolute atomic E-state index is 13.5. The first kappa shape index (κ1) is 13.3. The number of carbonyl (C=O) groups is 1. The van der Waals surface area contributed by atoms with Crippen LogP contribution in [0.2, 0.25) is 5.02 Å². The number of anilines is 1. The number of para-hydroxylation sites is 1. The number of benzene rings is 1. The predicted molar refractivity (Wildman–Crippen MR) is 70.0 cm³/mol. The number of halogens is 2. The summed E-state index contributed by atoms with van der Waals surface area (Å²) < 4.78 is 13.5. The minimum atomic E-state index is -0.528. The van der Waals surface area contributed by atoms with E-state index in [-0.39, 0.29) is 28.6 Å². The molecule has 0 bridgehead atoms. The Morgan fingerprint density at radius 1 is 1.39 bits per heavy atom. The minimum absolute atomic E-state index is 0.0435. The van der Waals surface area contributed by atoms with Crippen molar-refractivity contribution < 1.29 is 9.18 Å². The fraction of sp³-hybridized carbons (Fsp3) is 0.462. The molecule has 1 aromatic rings. The van der Waals surface area contributed by atoms with Gasteiger partial charge in [-0.05, 0) is 25.0 Å². The van der Waals surface area contributed by atoms with E-state index in [2.05, 4.69) is 5.32 Å². The van der Waals surface area contributed by atoms with Gasteiger partial charge in [-0.15, -0.1) is 0 Å². The van der Waals surface area contributed by atoms with Crippen LogP contribution in [0, 0.1) is 11.7 Å². The molecule has 0 aliphatic heterocycles. The third-order valence-corrected chi connectivity index (χ3v) is 3.68. The SMILES string of the molecule is NC1CCCCC1C(=O)Nc1c(F)cccc1Cl. The van der Waals surface area contributed by atoms with Gasteiger partial charge in [0.25, 0.3) is 0 Å². The molecule has 2 atom stereocenters. The van der Waals surface area contributed by atoms with Crippen molar-refractivity contribution in [1.29, 1.82) is 0 Å². The highest BCUT2D eigenvalue weighted by atomic mass is 35.5. The van der Waals surface area contributed by atoms with E-state index in [1.54, 1.807) is 6.07 Å². The maximum Gasteiger partial charge on any atom is 0.229 e. The van der Waals surface area contributed by atoms with Crippen LogP contribution < -0.4 is 11.1 Å². The number of nitrogens with one attached hydrogen (secondary N) is 1. The van der Waals surface area contributed by atoms with Crippen molar-refractivity contribution in [2.75, 3.05) is 5.32 Å². The molecule has 2 unspecified atom stereocenters. The largest absolute Gasteiger partial charge is 0.327 e. The van der Waals surface area contributed by atoms with E-state index in [1.165, 1.54) is 12.1 Å². The molecule has 0 aromatic heterocycles. The van der Waals surface area contributed by atoms with Crippen LogP contribution in [0.4, 0.5) is 10.1 Å². The van der Waals surface area contributed by atoms with Crippen LogP contribution in [-0.2, 0) is 4.79 Å². The molecule has 1 aromatic carbocycles. The molecule has 5 heteroatoms. The Labute approximate surface area is 111 Å². The molecule has 1 aliphatic carbocycles. The number of carbonyl (C=O) groups excluding carboxylic acids is 1. The third kappa shape index (κ3) is 2.82. The second-order valence-electron chi connectivity index (χ2n) is 4.64. The number of amides is 1. The molecule has 3 N–H and O–H groups in total. The lowest BCUT2D eigenvalue weighted by Gasteiger charge is -2.27. The van der Waals surface area contributed by atoms with Crippen LogP contribution in [0.3, 0.4) is 0 Å². The summed E-state index contributed by atoms with van der Waals surface area (Å²) in [6.45, 7) is 0. The van der Waals surface area contributed by atoms with Crippen LogP contribution in [0.1, 0.15) is 25.7 Å². The predicted octanol–water partition coefficient (Wildman–Crippen LogP) is 2.94. The van der Waals surface area contributed by atoms with Crippen molar-refractivity contribution in [2.24, 2.45) is 11.7 Å². The van der Waals surface area contributed by atoms with Crippen molar-refractivity contribution in [3.8, 4) is 0 Å². The first-order valence-corrected chi connectivity index (χ1v) is 6.48. The van der Waals surface area contributed by atoms with E-state index in [4.69, 9.17) is 17.3 Å². The van der Waals surface area contributed by atoms with E-state index in [1.807, 2.05) is 0 Å². The molecule has 2 rings (SSSR count). The zero-order valence-electron chi connectivity index (χ0n) is 9.96. The van der Waals surface area contributed by atoms with Gasteiger partial charge in [0.1, 0.15) is 5.82 Å². The lowest BCUT2D eigenvalue weighted by molar-refractivity contribution is -0.121. The van der Waals surface area contributed by atoms with Gasteiger partial charge >= 0.3 is 0 Å². The topological polar surface area (TPSA) is 55.1 Å². The zero-order valence-corrected chi connectivity index (χ0v) is 10.7. The number of hydrogen-bond acceptors (Lipinski definition) is 2. The normalized spacial score (nSPS) is 23.7. The van der Waals surface area contributed by atoms with Gasteiger partial charge in [0.2, 0.25) is 5.91 Å². The molecule has 0 saturated heterocycles. The van der Waals surface area contributed by atoms with Gasteiger partial charge in [-0.1, -0.05) is 30.5 Å². The van der Waals surface area contributed by atoms with Gasteiger partial charge < -0.3 is 11.1 Å². The van der Waals surface area contributed by atoms with Crippen molar-refractivity contribution >= 4 is 23.2 Å². The molecule has 0 radical (unpaired) electrons. The van der Waals surface area contributed by atoms with E-state index in [9.17, 15) is 9.18 Å². The summed E-state index contributed by atoms with van der Waals surface area (Å²) in [5.74, 6) is -1.02. The van der Waals surface area contributed by atoms with Gasteiger partial charge in [0.05, 0.1) is 16.6 Å². The van der Waals surface area contributed by atoms with Gasteiger partial charge in [0, 0.05) is 6.04 Å². The second kappa shape index (κ2) is 5.67. The summed E-state index contributed by atoms with van der Waals surface area (Å²) in [6, 6.07) is 4.16. The number of rotatable bonds is 2. The highest BCUT2D eigenvalue weighted by Gasteiger charge is 2.29. The summed E-state index contributed by atoms with van der Waals surface area (Å²) in [7, 11) is 0. The Balaban J connectivity index is 2.11. The lowest BCUT2D eigenvalue weighted by Crippen LogP contribution is -2.40. The fourth-order valence-corrected chi connectivity index (χ4v) is 2.53. The Hall–Kier alpha value is -1.13. The van der Waals surface area contributed by atoms with Crippen LogP contribution in [-0.4, -0.2) is 11.9 Å². The quantitative estimate of drug-likeness (QED) is 0.868. The van der Waals surface area contributed by atoms with E-state index in [0.717, 1.165) is 25.7 Å². The van der Waals surface area contributed by atoms with Crippen LogP contribution in [0.5, 0.6) is 0 Å². The molecular formula is C13H16ClFN2O. The van der Waals surface area contributed by atoms with Gasteiger partial charge in [-0.2, -0.15) is 0 Å². The van der Waals surface area contributed by atoms with Gasteiger partial charge in [-0.3, -0.25) is 4.79 Å². The molecule has 3 nitrogen and oxygen atoms in total. The summed E-state index contributed by atoms with van der Waals surface area (Å²) >= 11 is 5.86. The summed E-state index contributed by atoms with van der Waals surface area (Å²) in [4.78, 5) is 12.1. The van der Waals surface area contributed by atoms with Crippen molar-refractivity contribution in [3.63, 3.8) is 0 Å². The molecule has 1 amide bonds. The average Bonchev–Trinajstić information content (AvgIpc) is 2.34. The van der Waals surface area contributed by atoms with Gasteiger partial charge in [-0.25, -0.2) is 4.39 Å². The van der Waals surface area contributed by atoms with E-state index in [0.29, 0.717) is 0 Å². The third-order valence-electron chi connectivity index (χ3n) is 3.37. The molecule has 1 fully saturated rings. The average molecular weight is 271 g/mol. The summed E-state index contributed by atoms with van der Waals surface area (Å²) in [5.41, 5.74) is 5.97. The van der Waals surface area contributed by atoms with E-state index >= 15 is 0 Å².